The maximum Gasteiger partial charge on any atom is 0.221 e. The van der Waals surface area contributed by atoms with Gasteiger partial charge in [-0.3, -0.25) is 15.3 Å². The molecular formula is C20H17Cl2N5O. The van der Waals surface area contributed by atoms with Gasteiger partial charge in [-0.15, -0.1) is 0 Å². The van der Waals surface area contributed by atoms with Gasteiger partial charge in [-0.25, -0.2) is 0 Å². The molecule has 8 heteroatoms. The smallest absolute Gasteiger partial charge is 0.221 e. The van der Waals surface area contributed by atoms with E-state index in [2.05, 4.69) is 9.97 Å². The molecule has 1 aliphatic heterocycles. The van der Waals surface area contributed by atoms with E-state index in [0.29, 0.717) is 46.5 Å². The minimum absolute atomic E-state index is 0.323. The topological polar surface area (TPSA) is 65.3 Å². The lowest BCUT2D eigenvalue weighted by molar-refractivity contribution is 0.460. The lowest BCUT2D eigenvalue weighted by atomic mass is 10.3. The van der Waals surface area contributed by atoms with Gasteiger partial charge < -0.3 is 9.64 Å². The molecule has 0 saturated carbocycles. The number of rotatable bonds is 4. The first-order chi connectivity index (χ1) is 13.5. The summed E-state index contributed by atoms with van der Waals surface area (Å²) in [5.41, 5.74) is 1.81. The maximum absolute atomic E-state index is 8.61. The predicted octanol–water partition coefficient (Wildman–Crippen LogP) is 5.15. The second-order valence-corrected chi connectivity index (χ2v) is 7.17. The highest BCUT2D eigenvalue weighted by Crippen LogP contribution is 2.31. The fourth-order valence-electron chi connectivity index (χ4n) is 3.02. The van der Waals surface area contributed by atoms with E-state index in [1.807, 2.05) is 41.0 Å². The van der Waals surface area contributed by atoms with E-state index < -0.39 is 0 Å². The molecule has 1 aliphatic rings. The van der Waals surface area contributed by atoms with Gasteiger partial charge >= 0.3 is 0 Å². The Balaban J connectivity index is 1.59. The summed E-state index contributed by atoms with van der Waals surface area (Å²) >= 11 is 12.1. The number of anilines is 2. The third-order valence-corrected chi connectivity index (χ3v) is 5.08. The lowest BCUT2D eigenvalue weighted by Gasteiger charge is -2.22. The van der Waals surface area contributed by atoms with E-state index in [0.717, 1.165) is 11.3 Å². The highest BCUT2D eigenvalue weighted by atomic mass is 35.5. The highest BCUT2D eigenvalue weighted by Gasteiger charge is 2.29. The molecule has 3 heterocycles. The zero-order chi connectivity index (χ0) is 19.7. The number of aromatic nitrogens is 2. The predicted molar refractivity (Wildman–Crippen MR) is 112 cm³/mol. The number of nitrogens with one attached hydrogen (secondary N) is 1. The van der Waals surface area contributed by atoms with E-state index in [1.54, 1.807) is 30.6 Å². The molecule has 1 fully saturated rings. The first-order valence-corrected chi connectivity index (χ1v) is 9.42. The van der Waals surface area contributed by atoms with Crippen LogP contribution in [0.1, 0.15) is 5.56 Å². The van der Waals surface area contributed by atoms with Crippen molar-refractivity contribution in [2.75, 3.05) is 22.9 Å². The molecule has 0 unspecified atom stereocenters. The third-order valence-electron chi connectivity index (χ3n) is 4.34. The molecule has 0 atom stereocenters. The van der Waals surface area contributed by atoms with Gasteiger partial charge in [0.1, 0.15) is 11.6 Å². The monoisotopic (exact) mass is 413 g/mol. The van der Waals surface area contributed by atoms with Crippen molar-refractivity contribution < 1.29 is 4.74 Å². The molecule has 1 aromatic carbocycles. The molecular weight excluding hydrogens is 397 g/mol. The van der Waals surface area contributed by atoms with E-state index in [4.69, 9.17) is 33.3 Å². The molecule has 4 rings (SSSR count). The minimum atomic E-state index is 0.323. The van der Waals surface area contributed by atoms with Crippen LogP contribution in [0.3, 0.4) is 0 Å². The molecule has 0 spiro atoms. The number of guanidine groups is 1. The fourth-order valence-corrected chi connectivity index (χ4v) is 3.31. The van der Waals surface area contributed by atoms with Crippen LogP contribution in [-0.2, 0) is 0 Å². The first-order valence-electron chi connectivity index (χ1n) is 8.66. The van der Waals surface area contributed by atoms with Crippen LogP contribution in [0, 0.1) is 12.3 Å². The molecule has 142 valence electrons. The van der Waals surface area contributed by atoms with E-state index in [-0.39, 0.29) is 0 Å². The van der Waals surface area contributed by atoms with Crippen LogP contribution in [-0.4, -0.2) is 29.0 Å². The Bertz CT molecular complexity index is 1030. The van der Waals surface area contributed by atoms with Gasteiger partial charge in [0.25, 0.3) is 0 Å². The van der Waals surface area contributed by atoms with Crippen molar-refractivity contribution >= 4 is 40.7 Å². The largest absolute Gasteiger partial charge is 0.437 e. The van der Waals surface area contributed by atoms with Gasteiger partial charge in [-0.05, 0) is 48.9 Å². The van der Waals surface area contributed by atoms with Crippen molar-refractivity contribution in [1.29, 1.82) is 5.41 Å². The number of hydrogen-bond donors (Lipinski definition) is 1. The molecule has 6 nitrogen and oxygen atoms in total. The Morgan fingerprint density at radius 1 is 1.04 bits per heavy atom. The van der Waals surface area contributed by atoms with Gasteiger partial charge in [0.05, 0.1) is 16.2 Å². The second-order valence-electron chi connectivity index (χ2n) is 6.36. The third kappa shape index (κ3) is 3.74. The number of hydrogen-bond acceptors (Lipinski definition) is 4. The number of benzene rings is 1. The van der Waals surface area contributed by atoms with Gasteiger partial charge in [0.15, 0.2) is 0 Å². The van der Waals surface area contributed by atoms with Crippen LogP contribution in [0.25, 0.3) is 0 Å². The lowest BCUT2D eigenvalue weighted by Crippen LogP contribution is -2.33. The molecule has 28 heavy (non-hydrogen) atoms. The summed E-state index contributed by atoms with van der Waals surface area (Å²) in [5.74, 6) is 2.06. The number of nitrogens with zero attached hydrogens (tertiary/aromatic N) is 4. The molecule has 1 N–H and O–H groups in total. The van der Waals surface area contributed by atoms with Crippen molar-refractivity contribution in [2.24, 2.45) is 0 Å². The summed E-state index contributed by atoms with van der Waals surface area (Å²) in [4.78, 5) is 12.3. The SMILES string of the molecule is Cc1cc(Oc2cccnc2)nc(N2CCN(c3ccc(Cl)c(Cl)c3)C2=N)c1. The zero-order valence-corrected chi connectivity index (χ0v) is 16.6. The van der Waals surface area contributed by atoms with E-state index in [9.17, 15) is 0 Å². The van der Waals surface area contributed by atoms with Gasteiger partial charge in [-0.1, -0.05) is 23.2 Å². The quantitative estimate of drug-likeness (QED) is 0.640. The number of pyridine rings is 2. The van der Waals surface area contributed by atoms with E-state index >= 15 is 0 Å². The molecule has 3 aromatic rings. The van der Waals surface area contributed by atoms with Crippen LogP contribution in [0.5, 0.6) is 11.6 Å². The summed E-state index contributed by atoms with van der Waals surface area (Å²) in [5, 5.41) is 9.56. The Hall–Kier alpha value is -2.83. The summed E-state index contributed by atoms with van der Waals surface area (Å²) in [6.45, 7) is 3.24. The molecule has 0 bridgehead atoms. The van der Waals surface area contributed by atoms with Crippen LogP contribution < -0.4 is 14.5 Å². The van der Waals surface area contributed by atoms with Crippen molar-refractivity contribution in [3.8, 4) is 11.6 Å². The number of ether oxygens (including phenoxy) is 1. The van der Waals surface area contributed by atoms with Crippen LogP contribution in [0.4, 0.5) is 11.5 Å². The summed E-state index contributed by atoms with van der Waals surface area (Å²) in [6, 6.07) is 12.8. The van der Waals surface area contributed by atoms with Crippen molar-refractivity contribution in [3.63, 3.8) is 0 Å². The van der Waals surface area contributed by atoms with Crippen molar-refractivity contribution in [2.45, 2.75) is 6.92 Å². The maximum atomic E-state index is 8.61. The molecule has 1 saturated heterocycles. The van der Waals surface area contributed by atoms with Crippen LogP contribution in [0.15, 0.2) is 54.9 Å². The van der Waals surface area contributed by atoms with Crippen LogP contribution >= 0.6 is 23.2 Å². The molecule has 0 radical (unpaired) electrons. The number of halogens is 2. The second kappa shape index (κ2) is 7.66. The summed E-state index contributed by atoms with van der Waals surface area (Å²) in [7, 11) is 0. The molecule has 0 amide bonds. The Morgan fingerprint density at radius 3 is 2.61 bits per heavy atom. The highest BCUT2D eigenvalue weighted by molar-refractivity contribution is 6.42. The van der Waals surface area contributed by atoms with Gasteiger partial charge in [-0.2, -0.15) is 4.98 Å². The molecule has 2 aromatic heterocycles. The Labute approximate surface area is 172 Å². The summed E-state index contributed by atoms with van der Waals surface area (Å²) < 4.78 is 5.82. The average Bonchev–Trinajstić information content (AvgIpc) is 3.06. The minimum Gasteiger partial charge on any atom is -0.437 e. The average molecular weight is 414 g/mol. The Kier molecular flexibility index (Phi) is 5.07. The van der Waals surface area contributed by atoms with Gasteiger partial charge in [0, 0.05) is 31.0 Å². The molecule has 0 aliphatic carbocycles. The fraction of sp³-hybridized carbons (Fsp3) is 0.150. The standard InChI is InChI=1S/C20H17Cl2N5O/c1-13-9-18(25-19(10-13)28-15-3-2-6-24-12-15)27-8-7-26(20(27)23)14-4-5-16(21)17(22)11-14/h2-6,9-12,23H,7-8H2,1H3. The zero-order valence-electron chi connectivity index (χ0n) is 15.1. The number of aryl methyl sites for hydroxylation is 1. The first kappa shape index (κ1) is 18.5. The van der Waals surface area contributed by atoms with E-state index in [1.165, 1.54) is 0 Å². The van der Waals surface area contributed by atoms with Crippen molar-refractivity contribution in [1.82, 2.24) is 9.97 Å². The normalized spacial score (nSPS) is 13.9. The van der Waals surface area contributed by atoms with Crippen molar-refractivity contribution in [3.05, 3.63) is 70.5 Å². The van der Waals surface area contributed by atoms with Crippen LogP contribution in [0.2, 0.25) is 10.0 Å². The van der Waals surface area contributed by atoms with Gasteiger partial charge in [0.2, 0.25) is 11.8 Å². The summed E-state index contributed by atoms with van der Waals surface area (Å²) in [6.07, 6.45) is 3.32. The Morgan fingerprint density at radius 2 is 1.86 bits per heavy atom.